The van der Waals surface area contributed by atoms with Crippen LogP contribution in [0, 0.1) is 5.92 Å². The maximum atomic E-state index is 5.17. The number of hydrogen-bond acceptors (Lipinski definition) is 3. The van der Waals surface area contributed by atoms with Crippen LogP contribution >= 0.6 is 0 Å². The molecule has 1 fully saturated rings. The zero-order valence-corrected chi connectivity index (χ0v) is 10.1. The van der Waals surface area contributed by atoms with E-state index in [1.807, 2.05) is 6.20 Å². The maximum Gasteiger partial charge on any atom is 0.137 e. The molecule has 1 aromatic rings. The summed E-state index contributed by atoms with van der Waals surface area (Å²) in [6.45, 7) is 3.37. The second kappa shape index (κ2) is 5.30. The van der Waals surface area contributed by atoms with Crippen molar-refractivity contribution in [2.24, 2.45) is 5.92 Å². The van der Waals surface area contributed by atoms with Gasteiger partial charge in [0.15, 0.2) is 0 Å². The Bertz CT molecular complexity index is 336. The molecule has 2 rings (SSSR count). The van der Waals surface area contributed by atoms with Gasteiger partial charge in [-0.05, 0) is 43.4 Å². The van der Waals surface area contributed by atoms with Crippen molar-refractivity contribution in [3.63, 3.8) is 0 Å². The standard InChI is InChI=1S/C13H20N2O/c1-10(7-15-12-3-4-12)5-11-6-13(16-2)9-14-8-11/h6,8-10,12,15H,3-5,7H2,1-2H3. The normalized spacial score (nSPS) is 17.1. The van der Waals surface area contributed by atoms with Crippen LogP contribution in [0.3, 0.4) is 0 Å². The van der Waals surface area contributed by atoms with E-state index in [-0.39, 0.29) is 0 Å². The van der Waals surface area contributed by atoms with Gasteiger partial charge in [-0.1, -0.05) is 6.92 Å². The average molecular weight is 220 g/mol. The minimum Gasteiger partial charge on any atom is -0.495 e. The smallest absolute Gasteiger partial charge is 0.137 e. The molecule has 0 radical (unpaired) electrons. The van der Waals surface area contributed by atoms with Gasteiger partial charge in [0, 0.05) is 12.2 Å². The molecule has 16 heavy (non-hydrogen) atoms. The Morgan fingerprint density at radius 3 is 3.00 bits per heavy atom. The number of hydrogen-bond donors (Lipinski definition) is 1. The number of methoxy groups -OCH3 is 1. The van der Waals surface area contributed by atoms with E-state index >= 15 is 0 Å². The van der Waals surface area contributed by atoms with E-state index in [0.717, 1.165) is 24.8 Å². The number of nitrogens with zero attached hydrogens (tertiary/aromatic N) is 1. The predicted molar refractivity (Wildman–Crippen MR) is 64.7 cm³/mol. The first kappa shape index (κ1) is 11.4. The van der Waals surface area contributed by atoms with E-state index in [1.54, 1.807) is 13.3 Å². The lowest BCUT2D eigenvalue weighted by Gasteiger charge is -2.12. The molecule has 3 heteroatoms. The molecule has 1 unspecified atom stereocenters. The van der Waals surface area contributed by atoms with Crippen LogP contribution in [0.1, 0.15) is 25.3 Å². The Hall–Kier alpha value is -1.09. The Labute approximate surface area is 97.2 Å². The van der Waals surface area contributed by atoms with Crippen molar-refractivity contribution in [1.29, 1.82) is 0 Å². The number of ether oxygens (including phenoxy) is 1. The summed E-state index contributed by atoms with van der Waals surface area (Å²) >= 11 is 0. The van der Waals surface area contributed by atoms with Gasteiger partial charge in [-0.15, -0.1) is 0 Å². The van der Waals surface area contributed by atoms with E-state index in [0.29, 0.717) is 5.92 Å². The zero-order chi connectivity index (χ0) is 11.4. The number of pyridine rings is 1. The first-order valence-electron chi connectivity index (χ1n) is 5.99. The first-order chi connectivity index (χ1) is 7.78. The number of rotatable bonds is 6. The van der Waals surface area contributed by atoms with Crippen molar-refractivity contribution in [1.82, 2.24) is 10.3 Å². The molecule has 3 nitrogen and oxygen atoms in total. The van der Waals surface area contributed by atoms with Gasteiger partial charge in [-0.3, -0.25) is 4.98 Å². The summed E-state index contributed by atoms with van der Waals surface area (Å²) in [6.07, 6.45) is 7.44. The third kappa shape index (κ3) is 3.49. The van der Waals surface area contributed by atoms with Crippen LogP contribution in [0.2, 0.25) is 0 Å². The molecule has 1 aliphatic rings. The van der Waals surface area contributed by atoms with Crippen LogP contribution in [-0.2, 0) is 6.42 Å². The lowest BCUT2D eigenvalue weighted by molar-refractivity contribution is 0.411. The molecular formula is C13H20N2O. The Morgan fingerprint density at radius 2 is 2.31 bits per heavy atom. The quantitative estimate of drug-likeness (QED) is 0.796. The van der Waals surface area contributed by atoms with Crippen molar-refractivity contribution in [3.05, 3.63) is 24.0 Å². The predicted octanol–water partition coefficient (Wildman–Crippen LogP) is 2.02. The average Bonchev–Trinajstić information content (AvgIpc) is 3.10. The molecular weight excluding hydrogens is 200 g/mol. The molecule has 1 atom stereocenters. The monoisotopic (exact) mass is 220 g/mol. The number of nitrogens with one attached hydrogen (secondary N) is 1. The maximum absolute atomic E-state index is 5.17. The molecule has 0 aliphatic heterocycles. The fourth-order valence-electron chi connectivity index (χ4n) is 1.82. The highest BCUT2D eigenvalue weighted by molar-refractivity contribution is 5.23. The molecule has 0 aromatic carbocycles. The van der Waals surface area contributed by atoms with Crippen molar-refractivity contribution in [2.75, 3.05) is 13.7 Å². The SMILES string of the molecule is COc1cncc(CC(C)CNC2CC2)c1. The summed E-state index contributed by atoms with van der Waals surface area (Å²) in [6, 6.07) is 2.87. The molecule has 88 valence electrons. The van der Waals surface area contributed by atoms with E-state index in [9.17, 15) is 0 Å². The molecule has 1 aromatic heterocycles. The minimum absolute atomic E-state index is 0.648. The zero-order valence-electron chi connectivity index (χ0n) is 10.1. The van der Waals surface area contributed by atoms with Crippen LogP contribution in [-0.4, -0.2) is 24.7 Å². The van der Waals surface area contributed by atoms with Gasteiger partial charge in [-0.25, -0.2) is 0 Å². The van der Waals surface area contributed by atoms with Gasteiger partial charge < -0.3 is 10.1 Å². The molecule has 1 aliphatic carbocycles. The Kier molecular flexibility index (Phi) is 3.78. The van der Waals surface area contributed by atoms with Crippen LogP contribution in [0.4, 0.5) is 0 Å². The summed E-state index contributed by atoms with van der Waals surface area (Å²) < 4.78 is 5.17. The van der Waals surface area contributed by atoms with Crippen molar-refractivity contribution < 1.29 is 4.74 Å². The van der Waals surface area contributed by atoms with Gasteiger partial charge >= 0.3 is 0 Å². The summed E-state index contributed by atoms with van der Waals surface area (Å²) in [5.74, 6) is 1.49. The summed E-state index contributed by atoms with van der Waals surface area (Å²) in [5.41, 5.74) is 1.25. The van der Waals surface area contributed by atoms with Crippen LogP contribution in [0.25, 0.3) is 0 Å². The third-order valence-electron chi connectivity index (χ3n) is 2.92. The van der Waals surface area contributed by atoms with Crippen LogP contribution in [0.5, 0.6) is 5.75 Å². The molecule has 0 amide bonds. The lowest BCUT2D eigenvalue weighted by Crippen LogP contribution is -2.24. The summed E-state index contributed by atoms with van der Waals surface area (Å²) in [5, 5.41) is 3.55. The minimum atomic E-state index is 0.648. The molecule has 1 saturated carbocycles. The highest BCUT2D eigenvalue weighted by atomic mass is 16.5. The van der Waals surface area contributed by atoms with E-state index in [1.165, 1.54) is 18.4 Å². The van der Waals surface area contributed by atoms with E-state index in [4.69, 9.17) is 4.74 Å². The van der Waals surface area contributed by atoms with Gasteiger partial charge in [0.05, 0.1) is 13.3 Å². The highest BCUT2D eigenvalue weighted by Crippen LogP contribution is 2.19. The third-order valence-corrected chi connectivity index (χ3v) is 2.92. The van der Waals surface area contributed by atoms with Gasteiger partial charge in [0.2, 0.25) is 0 Å². The van der Waals surface area contributed by atoms with Crippen LogP contribution in [0.15, 0.2) is 18.5 Å². The Balaban J connectivity index is 1.81. The Morgan fingerprint density at radius 1 is 1.50 bits per heavy atom. The molecule has 1 N–H and O–H groups in total. The summed E-state index contributed by atoms with van der Waals surface area (Å²) in [7, 11) is 1.68. The molecule has 0 spiro atoms. The van der Waals surface area contributed by atoms with Gasteiger partial charge in [0.25, 0.3) is 0 Å². The second-order valence-corrected chi connectivity index (χ2v) is 4.72. The fourth-order valence-corrected chi connectivity index (χ4v) is 1.82. The van der Waals surface area contributed by atoms with Gasteiger partial charge in [0.1, 0.15) is 5.75 Å². The van der Waals surface area contributed by atoms with Crippen molar-refractivity contribution in [3.8, 4) is 5.75 Å². The molecule has 1 heterocycles. The second-order valence-electron chi connectivity index (χ2n) is 4.72. The fraction of sp³-hybridized carbons (Fsp3) is 0.615. The molecule has 0 saturated heterocycles. The topological polar surface area (TPSA) is 34.1 Å². The van der Waals surface area contributed by atoms with Crippen molar-refractivity contribution >= 4 is 0 Å². The lowest BCUT2D eigenvalue weighted by atomic mass is 10.0. The number of aromatic nitrogens is 1. The first-order valence-corrected chi connectivity index (χ1v) is 5.99. The van der Waals surface area contributed by atoms with E-state index < -0.39 is 0 Å². The summed E-state index contributed by atoms with van der Waals surface area (Å²) in [4.78, 5) is 4.17. The van der Waals surface area contributed by atoms with Gasteiger partial charge in [-0.2, -0.15) is 0 Å². The van der Waals surface area contributed by atoms with E-state index in [2.05, 4.69) is 23.3 Å². The highest BCUT2D eigenvalue weighted by Gasteiger charge is 2.20. The van der Waals surface area contributed by atoms with Crippen LogP contribution < -0.4 is 10.1 Å². The molecule has 0 bridgehead atoms. The van der Waals surface area contributed by atoms with Crippen molar-refractivity contribution in [2.45, 2.75) is 32.2 Å². The largest absolute Gasteiger partial charge is 0.495 e.